The third kappa shape index (κ3) is 4.34. The molecule has 0 aliphatic carbocycles. The molecule has 0 unspecified atom stereocenters. The van der Waals surface area contributed by atoms with Gasteiger partial charge in [-0.3, -0.25) is 0 Å². The van der Waals surface area contributed by atoms with Crippen LogP contribution in [0.5, 0.6) is 0 Å². The van der Waals surface area contributed by atoms with E-state index in [9.17, 15) is 0 Å². The van der Waals surface area contributed by atoms with Gasteiger partial charge in [0.05, 0.1) is 0 Å². The predicted molar refractivity (Wildman–Crippen MR) is 151 cm³/mol. The van der Waals surface area contributed by atoms with Crippen LogP contribution in [0.3, 0.4) is 0 Å². The third-order valence-corrected chi connectivity index (χ3v) is 7.33. The van der Waals surface area contributed by atoms with Crippen molar-refractivity contribution in [3.8, 4) is 22.3 Å². The second kappa shape index (κ2) is 10.2. The highest BCUT2D eigenvalue weighted by molar-refractivity contribution is 7.98. The summed E-state index contributed by atoms with van der Waals surface area (Å²) >= 11 is 1.82. The summed E-state index contributed by atoms with van der Waals surface area (Å²) in [6.07, 6.45) is 2.18. The first-order chi connectivity index (χ1) is 16.8. The molecule has 5 rings (SSSR count). The van der Waals surface area contributed by atoms with Crippen LogP contribution in [0.25, 0.3) is 22.3 Å². The SMILES string of the molecule is CSc1ccccc1B(c1ccccc1C)c1c(-c2ccccc2)cccc1-c1ccccc1. The molecule has 164 valence electrons. The van der Waals surface area contributed by atoms with Crippen LogP contribution in [-0.2, 0) is 0 Å². The Kier molecular flexibility index (Phi) is 6.69. The van der Waals surface area contributed by atoms with E-state index < -0.39 is 0 Å². The van der Waals surface area contributed by atoms with Gasteiger partial charge in [0.2, 0.25) is 6.71 Å². The van der Waals surface area contributed by atoms with Crippen LogP contribution < -0.4 is 16.4 Å². The average molecular weight is 454 g/mol. The van der Waals surface area contributed by atoms with Gasteiger partial charge in [0, 0.05) is 4.90 Å². The maximum atomic E-state index is 2.31. The molecule has 0 atom stereocenters. The van der Waals surface area contributed by atoms with E-state index in [1.165, 1.54) is 49.1 Å². The summed E-state index contributed by atoms with van der Waals surface area (Å²) in [4.78, 5) is 1.32. The van der Waals surface area contributed by atoms with Gasteiger partial charge in [-0.2, -0.15) is 0 Å². The summed E-state index contributed by atoms with van der Waals surface area (Å²) < 4.78 is 0. The monoisotopic (exact) mass is 454 g/mol. The number of rotatable bonds is 6. The molecule has 5 aromatic rings. The Hall–Kier alpha value is -3.49. The quantitative estimate of drug-likeness (QED) is 0.207. The number of thioether (sulfide) groups is 1. The van der Waals surface area contributed by atoms with Gasteiger partial charge in [-0.15, -0.1) is 11.8 Å². The van der Waals surface area contributed by atoms with Crippen molar-refractivity contribution in [2.75, 3.05) is 6.26 Å². The predicted octanol–water partition coefficient (Wildman–Crippen LogP) is 6.57. The molecule has 0 aliphatic heterocycles. The fraction of sp³-hybridized carbons (Fsp3) is 0.0625. The Morgan fingerprint density at radius 3 is 1.56 bits per heavy atom. The average Bonchev–Trinajstić information content (AvgIpc) is 2.91. The summed E-state index contributed by atoms with van der Waals surface area (Å²) in [5.41, 5.74) is 10.4. The maximum absolute atomic E-state index is 2.31. The Labute approximate surface area is 207 Å². The Morgan fingerprint density at radius 2 is 1.00 bits per heavy atom. The van der Waals surface area contributed by atoms with Gasteiger partial charge >= 0.3 is 0 Å². The van der Waals surface area contributed by atoms with Gasteiger partial charge in [-0.25, -0.2) is 0 Å². The van der Waals surface area contributed by atoms with Crippen LogP contribution in [0.15, 0.2) is 132 Å². The molecule has 0 fully saturated rings. The zero-order valence-corrected chi connectivity index (χ0v) is 20.4. The van der Waals surface area contributed by atoms with Crippen LogP contribution in [0.2, 0.25) is 0 Å². The van der Waals surface area contributed by atoms with E-state index in [-0.39, 0.29) is 6.71 Å². The molecule has 0 aliphatic rings. The number of aryl methyl sites for hydroxylation is 1. The summed E-state index contributed by atoms with van der Waals surface area (Å²) in [5, 5.41) is 0. The molecule has 0 heterocycles. The Bertz CT molecular complexity index is 1340. The van der Waals surface area contributed by atoms with E-state index >= 15 is 0 Å². The zero-order valence-electron chi connectivity index (χ0n) is 19.6. The molecule has 0 amide bonds. The minimum absolute atomic E-state index is 0.108. The van der Waals surface area contributed by atoms with Crippen LogP contribution >= 0.6 is 11.8 Å². The Balaban J connectivity index is 1.90. The molecule has 34 heavy (non-hydrogen) atoms. The zero-order chi connectivity index (χ0) is 23.3. The molecule has 0 saturated carbocycles. The van der Waals surface area contributed by atoms with Crippen molar-refractivity contribution in [3.63, 3.8) is 0 Å². The third-order valence-electron chi connectivity index (χ3n) is 6.51. The standard InChI is InChI=1S/C32H27BS/c1-24-14-9-10-21-29(24)33(30-22-11-12-23-31(30)34-2)32-27(25-15-5-3-6-16-25)19-13-20-28(32)26-17-7-4-8-18-26/h3-23H,1-2H3. The van der Waals surface area contributed by atoms with Gasteiger partial charge in [0.1, 0.15) is 0 Å². The molecule has 5 aromatic carbocycles. The lowest BCUT2D eigenvalue weighted by atomic mass is 9.34. The highest BCUT2D eigenvalue weighted by Crippen LogP contribution is 2.26. The molecule has 0 spiro atoms. The van der Waals surface area contributed by atoms with E-state index in [4.69, 9.17) is 0 Å². The van der Waals surface area contributed by atoms with Crippen molar-refractivity contribution in [1.82, 2.24) is 0 Å². The molecule has 0 radical (unpaired) electrons. The first-order valence-electron chi connectivity index (χ1n) is 11.7. The molecule has 0 bridgehead atoms. The molecule has 0 saturated heterocycles. The summed E-state index contributed by atoms with van der Waals surface area (Å²) in [5.74, 6) is 0. The van der Waals surface area contributed by atoms with Crippen molar-refractivity contribution >= 4 is 34.9 Å². The highest BCUT2D eigenvalue weighted by atomic mass is 32.2. The van der Waals surface area contributed by atoms with E-state index in [0.29, 0.717) is 0 Å². The molecular weight excluding hydrogens is 427 g/mol. The molecular formula is C32H27BS. The number of hydrogen-bond acceptors (Lipinski definition) is 1. The van der Waals surface area contributed by atoms with Crippen LogP contribution in [0.1, 0.15) is 5.56 Å². The van der Waals surface area contributed by atoms with Gasteiger partial charge in [0.15, 0.2) is 0 Å². The lowest BCUT2D eigenvalue weighted by Crippen LogP contribution is -2.55. The first-order valence-corrected chi connectivity index (χ1v) is 12.9. The smallest absolute Gasteiger partial charge is 0.130 e. The van der Waals surface area contributed by atoms with E-state index in [1.807, 2.05) is 11.8 Å². The van der Waals surface area contributed by atoms with Crippen LogP contribution in [0.4, 0.5) is 0 Å². The van der Waals surface area contributed by atoms with Crippen molar-refractivity contribution in [2.24, 2.45) is 0 Å². The minimum Gasteiger partial charge on any atom is -0.130 e. The Morgan fingerprint density at radius 1 is 0.500 bits per heavy atom. The normalized spacial score (nSPS) is 10.8. The summed E-state index contributed by atoms with van der Waals surface area (Å²) in [6, 6.07) is 46.1. The van der Waals surface area contributed by atoms with E-state index in [2.05, 4.69) is 141 Å². The van der Waals surface area contributed by atoms with Gasteiger partial charge < -0.3 is 0 Å². The van der Waals surface area contributed by atoms with E-state index in [1.54, 1.807) is 0 Å². The lowest BCUT2D eigenvalue weighted by molar-refractivity contribution is 1.49. The molecule has 0 nitrogen and oxygen atoms in total. The molecule has 0 N–H and O–H groups in total. The number of hydrogen-bond donors (Lipinski definition) is 0. The lowest BCUT2D eigenvalue weighted by Gasteiger charge is -2.25. The summed E-state index contributed by atoms with van der Waals surface area (Å²) in [7, 11) is 0. The van der Waals surface area contributed by atoms with E-state index in [0.717, 1.165) is 0 Å². The summed E-state index contributed by atoms with van der Waals surface area (Å²) in [6.45, 7) is 2.34. The van der Waals surface area contributed by atoms with Gasteiger partial charge in [-0.05, 0) is 41.5 Å². The van der Waals surface area contributed by atoms with Crippen LogP contribution in [0, 0.1) is 6.92 Å². The molecule has 2 heteroatoms. The van der Waals surface area contributed by atoms with Crippen molar-refractivity contribution in [2.45, 2.75) is 11.8 Å². The second-order valence-corrected chi connectivity index (χ2v) is 9.38. The first kappa shape index (κ1) is 22.3. The number of benzene rings is 5. The van der Waals surface area contributed by atoms with Crippen molar-refractivity contribution in [1.29, 1.82) is 0 Å². The van der Waals surface area contributed by atoms with Gasteiger partial charge in [-0.1, -0.05) is 143 Å². The molecule has 0 aromatic heterocycles. The largest absolute Gasteiger partial charge is 0.244 e. The second-order valence-electron chi connectivity index (χ2n) is 8.53. The fourth-order valence-electron chi connectivity index (χ4n) is 4.91. The fourth-order valence-corrected chi connectivity index (χ4v) is 5.55. The van der Waals surface area contributed by atoms with Crippen molar-refractivity contribution in [3.05, 3.63) is 133 Å². The van der Waals surface area contributed by atoms with Crippen LogP contribution in [-0.4, -0.2) is 13.0 Å². The minimum atomic E-state index is 0.108. The maximum Gasteiger partial charge on any atom is 0.244 e. The van der Waals surface area contributed by atoms with Gasteiger partial charge in [0.25, 0.3) is 0 Å². The van der Waals surface area contributed by atoms with Crippen molar-refractivity contribution < 1.29 is 0 Å². The highest BCUT2D eigenvalue weighted by Gasteiger charge is 2.30. The topological polar surface area (TPSA) is 0 Å².